The number of aryl methyl sites for hydroxylation is 1. The van der Waals surface area contributed by atoms with Crippen LogP contribution in [-0.2, 0) is 0 Å². The van der Waals surface area contributed by atoms with Crippen LogP contribution in [0.3, 0.4) is 0 Å². The summed E-state index contributed by atoms with van der Waals surface area (Å²) in [6.07, 6.45) is 0. The molecule has 1 heterocycles. The highest BCUT2D eigenvalue weighted by Gasteiger charge is 2.10. The zero-order valence-corrected chi connectivity index (χ0v) is 9.11. The lowest BCUT2D eigenvalue weighted by Gasteiger charge is -2.05. The summed E-state index contributed by atoms with van der Waals surface area (Å²) in [5.41, 5.74) is 6.91. The van der Waals surface area contributed by atoms with Crippen LogP contribution in [0, 0.1) is 24.1 Å². The standard InChI is InChI=1S/C12H9FN4/c1-7-10(6-14)11(15)17-12(16-7)8-3-2-4-9(13)5-8/h2-5H,1H3,(H2,15,16,17). The van der Waals surface area contributed by atoms with Gasteiger partial charge in [0.1, 0.15) is 23.3 Å². The highest BCUT2D eigenvalue weighted by atomic mass is 19.1. The second-order valence-electron chi connectivity index (χ2n) is 3.52. The summed E-state index contributed by atoms with van der Waals surface area (Å²) in [6.45, 7) is 1.67. The number of nitrogens with zero attached hydrogens (tertiary/aromatic N) is 3. The topological polar surface area (TPSA) is 75.6 Å². The zero-order valence-electron chi connectivity index (χ0n) is 9.11. The number of nitrogen functional groups attached to an aromatic ring is 1. The van der Waals surface area contributed by atoms with Crippen LogP contribution >= 0.6 is 0 Å². The van der Waals surface area contributed by atoms with Crippen molar-refractivity contribution in [2.75, 3.05) is 5.73 Å². The number of halogens is 1. The number of anilines is 1. The summed E-state index contributed by atoms with van der Waals surface area (Å²) in [5.74, 6) is 0.0597. The van der Waals surface area contributed by atoms with Crippen molar-refractivity contribution in [3.8, 4) is 17.5 Å². The van der Waals surface area contributed by atoms with Crippen molar-refractivity contribution in [3.63, 3.8) is 0 Å². The highest BCUT2D eigenvalue weighted by Crippen LogP contribution is 2.20. The fourth-order valence-electron chi connectivity index (χ4n) is 1.49. The van der Waals surface area contributed by atoms with Crippen molar-refractivity contribution in [1.29, 1.82) is 5.26 Å². The van der Waals surface area contributed by atoms with Crippen LogP contribution in [0.5, 0.6) is 0 Å². The van der Waals surface area contributed by atoms with Gasteiger partial charge in [-0.1, -0.05) is 12.1 Å². The van der Waals surface area contributed by atoms with Crippen LogP contribution in [0.15, 0.2) is 24.3 Å². The number of nitrogens with two attached hydrogens (primary N) is 1. The largest absolute Gasteiger partial charge is 0.382 e. The van der Waals surface area contributed by atoms with Gasteiger partial charge in [-0.3, -0.25) is 0 Å². The summed E-state index contributed by atoms with van der Waals surface area (Å²) in [5, 5.41) is 8.83. The minimum Gasteiger partial charge on any atom is -0.382 e. The molecule has 0 saturated heterocycles. The van der Waals surface area contributed by atoms with Gasteiger partial charge in [-0.05, 0) is 19.1 Å². The van der Waals surface area contributed by atoms with E-state index in [2.05, 4.69) is 9.97 Å². The number of hydrogen-bond acceptors (Lipinski definition) is 4. The Morgan fingerprint density at radius 3 is 2.71 bits per heavy atom. The molecule has 17 heavy (non-hydrogen) atoms. The van der Waals surface area contributed by atoms with E-state index in [1.807, 2.05) is 6.07 Å². The van der Waals surface area contributed by atoms with Gasteiger partial charge in [0.2, 0.25) is 0 Å². The van der Waals surface area contributed by atoms with Crippen molar-refractivity contribution < 1.29 is 4.39 Å². The monoisotopic (exact) mass is 228 g/mol. The Bertz CT molecular complexity index is 593. The van der Waals surface area contributed by atoms with E-state index >= 15 is 0 Å². The predicted octanol–water partition coefficient (Wildman–Crippen LogP) is 2.04. The molecule has 0 aliphatic carbocycles. The zero-order chi connectivity index (χ0) is 12.4. The lowest BCUT2D eigenvalue weighted by Crippen LogP contribution is -2.02. The third-order valence-corrected chi connectivity index (χ3v) is 2.31. The minimum absolute atomic E-state index is 0.110. The lowest BCUT2D eigenvalue weighted by atomic mass is 10.2. The second-order valence-corrected chi connectivity index (χ2v) is 3.52. The summed E-state index contributed by atoms with van der Waals surface area (Å²) >= 11 is 0. The van der Waals surface area contributed by atoms with Crippen LogP contribution in [0.2, 0.25) is 0 Å². The van der Waals surface area contributed by atoms with Crippen LogP contribution < -0.4 is 5.73 Å². The number of hydrogen-bond donors (Lipinski definition) is 1. The third-order valence-electron chi connectivity index (χ3n) is 2.31. The summed E-state index contributed by atoms with van der Waals surface area (Å²) < 4.78 is 13.1. The molecule has 4 nitrogen and oxygen atoms in total. The van der Waals surface area contributed by atoms with Gasteiger partial charge >= 0.3 is 0 Å². The molecule has 0 aliphatic heterocycles. The number of nitriles is 1. The van der Waals surface area contributed by atoms with Crippen molar-refractivity contribution >= 4 is 5.82 Å². The van der Waals surface area contributed by atoms with Gasteiger partial charge in [0.25, 0.3) is 0 Å². The van der Waals surface area contributed by atoms with E-state index < -0.39 is 0 Å². The van der Waals surface area contributed by atoms with Crippen LogP contribution in [-0.4, -0.2) is 9.97 Å². The molecule has 1 aromatic carbocycles. The van der Waals surface area contributed by atoms with Gasteiger partial charge in [0.05, 0.1) is 5.69 Å². The van der Waals surface area contributed by atoms with Crippen molar-refractivity contribution in [2.24, 2.45) is 0 Å². The molecule has 0 spiro atoms. The molecule has 5 heteroatoms. The van der Waals surface area contributed by atoms with Crippen LogP contribution in [0.1, 0.15) is 11.3 Å². The molecular formula is C12H9FN4. The quantitative estimate of drug-likeness (QED) is 0.810. The fraction of sp³-hybridized carbons (Fsp3) is 0.0833. The summed E-state index contributed by atoms with van der Waals surface area (Å²) in [4.78, 5) is 8.13. The molecule has 2 N–H and O–H groups in total. The molecule has 2 aromatic rings. The molecule has 0 atom stereocenters. The van der Waals surface area contributed by atoms with Gasteiger partial charge in [-0.2, -0.15) is 5.26 Å². The molecule has 1 aromatic heterocycles. The summed E-state index contributed by atoms with van der Waals surface area (Å²) in [6, 6.07) is 7.84. The van der Waals surface area contributed by atoms with Crippen molar-refractivity contribution in [2.45, 2.75) is 6.92 Å². The number of rotatable bonds is 1. The van der Waals surface area contributed by atoms with E-state index in [0.29, 0.717) is 17.1 Å². The molecule has 0 saturated carbocycles. The Labute approximate surface area is 97.6 Å². The van der Waals surface area contributed by atoms with E-state index in [9.17, 15) is 4.39 Å². The van der Waals surface area contributed by atoms with Crippen molar-refractivity contribution in [3.05, 3.63) is 41.3 Å². The SMILES string of the molecule is Cc1nc(-c2cccc(F)c2)nc(N)c1C#N. The molecule has 2 rings (SSSR count). The molecule has 0 aliphatic rings. The number of aromatic nitrogens is 2. The van der Waals surface area contributed by atoms with Gasteiger partial charge < -0.3 is 5.73 Å². The van der Waals surface area contributed by atoms with E-state index in [-0.39, 0.29) is 17.2 Å². The second kappa shape index (κ2) is 4.18. The highest BCUT2D eigenvalue weighted by molar-refractivity contribution is 5.61. The first-order chi connectivity index (χ1) is 8.11. The van der Waals surface area contributed by atoms with E-state index in [1.165, 1.54) is 12.1 Å². The van der Waals surface area contributed by atoms with Gasteiger partial charge in [-0.25, -0.2) is 14.4 Å². The molecule has 0 bridgehead atoms. The average Bonchev–Trinajstić information content (AvgIpc) is 2.28. The maximum atomic E-state index is 13.1. The maximum absolute atomic E-state index is 13.1. The molecule has 0 amide bonds. The Balaban J connectivity index is 2.59. The lowest BCUT2D eigenvalue weighted by molar-refractivity contribution is 0.628. The molecule has 0 fully saturated rings. The first-order valence-electron chi connectivity index (χ1n) is 4.92. The molecule has 0 radical (unpaired) electrons. The third kappa shape index (κ3) is 2.06. The molecule has 0 unspecified atom stereocenters. The smallest absolute Gasteiger partial charge is 0.161 e. The first-order valence-corrected chi connectivity index (χ1v) is 4.92. The Kier molecular flexibility index (Phi) is 2.71. The van der Waals surface area contributed by atoms with E-state index in [1.54, 1.807) is 19.1 Å². The fourth-order valence-corrected chi connectivity index (χ4v) is 1.49. The minimum atomic E-state index is -0.369. The van der Waals surface area contributed by atoms with Crippen molar-refractivity contribution in [1.82, 2.24) is 9.97 Å². The van der Waals surface area contributed by atoms with Gasteiger partial charge in [0, 0.05) is 5.56 Å². The van der Waals surface area contributed by atoms with E-state index in [4.69, 9.17) is 11.0 Å². The van der Waals surface area contributed by atoms with Gasteiger partial charge in [-0.15, -0.1) is 0 Å². The van der Waals surface area contributed by atoms with E-state index in [0.717, 1.165) is 0 Å². The Morgan fingerprint density at radius 1 is 1.35 bits per heavy atom. The van der Waals surface area contributed by atoms with Crippen LogP contribution in [0.25, 0.3) is 11.4 Å². The Hall–Kier alpha value is -2.48. The number of benzene rings is 1. The van der Waals surface area contributed by atoms with Crippen LogP contribution in [0.4, 0.5) is 10.2 Å². The van der Waals surface area contributed by atoms with Gasteiger partial charge in [0.15, 0.2) is 5.82 Å². The molecule has 84 valence electrons. The summed E-state index contributed by atoms with van der Waals surface area (Å²) in [7, 11) is 0. The predicted molar refractivity (Wildman–Crippen MR) is 61.3 cm³/mol. The first kappa shape index (κ1) is 11.0. The maximum Gasteiger partial charge on any atom is 0.161 e. The Morgan fingerprint density at radius 2 is 2.12 bits per heavy atom. The normalized spacial score (nSPS) is 9.94. The average molecular weight is 228 g/mol. The molecular weight excluding hydrogens is 219 g/mol.